The second-order valence-corrected chi connectivity index (χ2v) is 2.96. The second-order valence-electron chi connectivity index (χ2n) is 2.96. The highest BCUT2D eigenvalue weighted by Gasteiger charge is 2.15. The lowest BCUT2D eigenvalue weighted by Crippen LogP contribution is -2.00. The van der Waals surface area contributed by atoms with Gasteiger partial charge in [-0.05, 0) is 19.4 Å². The van der Waals surface area contributed by atoms with Gasteiger partial charge in [-0.15, -0.1) is 0 Å². The van der Waals surface area contributed by atoms with Crippen LogP contribution in [0.5, 0.6) is 0 Å². The maximum atomic E-state index is 4.19. The van der Waals surface area contributed by atoms with Gasteiger partial charge in [-0.1, -0.05) is 29.7 Å². The van der Waals surface area contributed by atoms with E-state index in [4.69, 9.17) is 0 Å². The van der Waals surface area contributed by atoms with Crippen LogP contribution in [-0.2, 0) is 0 Å². The van der Waals surface area contributed by atoms with Gasteiger partial charge in [0.1, 0.15) is 0 Å². The monoisotopic (exact) mass is 176 g/mol. The van der Waals surface area contributed by atoms with E-state index in [9.17, 15) is 0 Å². The lowest BCUT2D eigenvalue weighted by Gasteiger charge is -2.00. The number of hydrogen-bond acceptors (Lipinski definition) is 0. The average Bonchev–Trinajstić information content (AvgIpc) is 2.05. The number of rotatable bonds is 3. The maximum absolute atomic E-state index is 4.19. The summed E-state index contributed by atoms with van der Waals surface area (Å²) in [5.74, 6) is 0. The molecule has 0 aliphatic carbocycles. The van der Waals surface area contributed by atoms with E-state index < -0.39 is 0 Å². The third-order valence-corrected chi connectivity index (χ3v) is 1.73. The van der Waals surface area contributed by atoms with Crippen molar-refractivity contribution in [1.29, 1.82) is 0 Å². The van der Waals surface area contributed by atoms with Crippen LogP contribution in [0.4, 0.5) is 0 Å². The molecule has 0 amide bonds. The van der Waals surface area contributed by atoms with Crippen LogP contribution in [0.3, 0.4) is 0 Å². The second kappa shape index (κ2) is 6.25. The molecule has 1 nitrogen and oxygen atoms in total. The molecule has 0 aliphatic heterocycles. The Hall–Kier alpha value is -1.29. The third kappa shape index (κ3) is 4.32. The first-order valence-electron chi connectivity index (χ1n) is 4.48. The lowest BCUT2D eigenvalue weighted by atomic mass is 10.0. The molecular formula is C12H18N+. The summed E-state index contributed by atoms with van der Waals surface area (Å²) in [6.07, 6.45) is 6.05. The van der Waals surface area contributed by atoms with Gasteiger partial charge in [0, 0.05) is 12.5 Å². The molecule has 0 aromatic rings. The first-order chi connectivity index (χ1) is 6.13. The summed E-state index contributed by atoms with van der Waals surface area (Å²) < 4.78 is 0. The van der Waals surface area contributed by atoms with Gasteiger partial charge < -0.3 is 0 Å². The molecule has 0 spiro atoms. The van der Waals surface area contributed by atoms with Gasteiger partial charge in [-0.25, -0.2) is 0 Å². The molecular weight excluding hydrogens is 158 g/mol. The molecule has 0 saturated heterocycles. The predicted octanol–water partition coefficient (Wildman–Crippen LogP) is 3.81. The smallest absolute Gasteiger partial charge is 0.0955 e. The summed E-state index contributed by atoms with van der Waals surface area (Å²) in [6, 6.07) is 2.95. The molecule has 0 saturated carbocycles. The topological polar surface area (TPSA) is 4.36 Å². The Bertz CT molecular complexity index is 284. The highest BCUT2D eigenvalue weighted by Crippen LogP contribution is 2.15. The Kier molecular flexibility index (Phi) is 5.63. The van der Waals surface area contributed by atoms with Gasteiger partial charge in [0.15, 0.2) is 0 Å². The Morgan fingerprint density at radius 3 is 2.54 bits per heavy atom. The van der Waals surface area contributed by atoms with Crippen molar-refractivity contribution >= 4 is 0 Å². The zero-order chi connectivity index (χ0) is 10.3. The van der Waals surface area contributed by atoms with Crippen molar-refractivity contribution < 1.29 is 0 Å². The normalized spacial score (nSPS) is 13.7. The highest BCUT2D eigenvalue weighted by atomic mass is 14.7. The van der Waals surface area contributed by atoms with Gasteiger partial charge in [-0.2, -0.15) is 0 Å². The fourth-order valence-electron chi connectivity index (χ4n) is 1.10. The molecule has 0 N–H and O–H groups in total. The van der Waals surface area contributed by atoms with Crippen LogP contribution in [0.1, 0.15) is 27.7 Å². The van der Waals surface area contributed by atoms with Crippen molar-refractivity contribution in [3.8, 4) is 6.07 Å². The zero-order valence-corrected chi connectivity index (χ0v) is 8.96. The van der Waals surface area contributed by atoms with E-state index in [0.717, 1.165) is 11.1 Å². The van der Waals surface area contributed by atoms with Gasteiger partial charge in [0.05, 0.1) is 6.92 Å². The molecule has 1 atom stereocenters. The number of allylic oxidation sites excluding steroid dienone is 3. The van der Waals surface area contributed by atoms with Crippen LogP contribution in [-0.4, -0.2) is 6.04 Å². The molecule has 0 bridgehead atoms. The summed E-state index contributed by atoms with van der Waals surface area (Å²) in [7, 11) is 0. The number of hydrogen-bond donors (Lipinski definition) is 0. The van der Waals surface area contributed by atoms with Gasteiger partial charge >= 0.3 is 0 Å². The average molecular weight is 176 g/mol. The van der Waals surface area contributed by atoms with Crippen LogP contribution >= 0.6 is 0 Å². The molecule has 0 unspecified atom stereocenters. The molecule has 0 heterocycles. The van der Waals surface area contributed by atoms with E-state index in [0.29, 0.717) is 0 Å². The van der Waals surface area contributed by atoms with Crippen molar-refractivity contribution in [2.45, 2.75) is 33.7 Å². The van der Waals surface area contributed by atoms with Gasteiger partial charge in [0.2, 0.25) is 0 Å². The van der Waals surface area contributed by atoms with Crippen molar-refractivity contribution in [3.05, 3.63) is 40.8 Å². The van der Waals surface area contributed by atoms with Crippen molar-refractivity contribution in [3.63, 3.8) is 0 Å². The molecule has 0 fully saturated rings. The molecule has 13 heavy (non-hydrogen) atoms. The van der Waals surface area contributed by atoms with E-state index >= 15 is 0 Å². The summed E-state index contributed by atoms with van der Waals surface area (Å²) in [6.45, 7) is 11.8. The SMILES string of the molecule is C=C(C)/C(=C\C=C/C)[C@@H](C)[N+]#CC. The first kappa shape index (κ1) is 11.7. The Morgan fingerprint density at radius 1 is 1.54 bits per heavy atom. The quantitative estimate of drug-likeness (QED) is 0.576. The predicted molar refractivity (Wildman–Crippen MR) is 60.1 cm³/mol. The summed E-state index contributed by atoms with van der Waals surface area (Å²) in [4.78, 5) is 4.19. The standard InChI is InChI=1S/C12H18N/c1-6-8-9-12(10(3)4)11(5)13-7-2/h6,8-9,11H,3H2,1-2,4-5H3/q+1/b8-6-,12-9+/t11-/m1/s1. The van der Waals surface area contributed by atoms with E-state index in [-0.39, 0.29) is 6.04 Å². The fourth-order valence-corrected chi connectivity index (χ4v) is 1.10. The lowest BCUT2D eigenvalue weighted by molar-refractivity contribution is 1.01. The first-order valence-corrected chi connectivity index (χ1v) is 4.48. The van der Waals surface area contributed by atoms with E-state index in [1.807, 2.05) is 45.9 Å². The Balaban J connectivity index is 4.77. The summed E-state index contributed by atoms with van der Waals surface area (Å²) in [5.41, 5.74) is 2.22. The maximum Gasteiger partial charge on any atom is 0.294 e. The van der Waals surface area contributed by atoms with Gasteiger partial charge in [0.25, 0.3) is 12.1 Å². The minimum Gasteiger partial charge on any atom is -0.0955 e. The fraction of sp³-hybridized carbons (Fsp3) is 0.417. The molecule has 0 aromatic heterocycles. The minimum atomic E-state index is 0.152. The molecule has 0 aliphatic rings. The van der Waals surface area contributed by atoms with Crippen molar-refractivity contribution in [2.24, 2.45) is 0 Å². The third-order valence-electron chi connectivity index (χ3n) is 1.73. The Labute approximate surface area is 81.3 Å². The number of nitrogens with zero attached hydrogens (tertiary/aromatic N) is 1. The van der Waals surface area contributed by atoms with Crippen LogP contribution < -0.4 is 0 Å². The van der Waals surface area contributed by atoms with E-state index in [2.05, 4.69) is 17.5 Å². The zero-order valence-electron chi connectivity index (χ0n) is 8.96. The Morgan fingerprint density at radius 2 is 2.15 bits per heavy atom. The van der Waals surface area contributed by atoms with Crippen LogP contribution in [0.15, 0.2) is 36.0 Å². The molecule has 0 aromatic carbocycles. The van der Waals surface area contributed by atoms with Crippen molar-refractivity contribution in [2.75, 3.05) is 0 Å². The molecule has 1 heteroatoms. The minimum absolute atomic E-state index is 0.152. The van der Waals surface area contributed by atoms with E-state index in [1.165, 1.54) is 0 Å². The van der Waals surface area contributed by atoms with Crippen LogP contribution in [0, 0.1) is 6.07 Å². The van der Waals surface area contributed by atoms with Gasteiger partial charge in [-0.3, -0.25) is 0 Å². The molecule has 70 valence electrons. The summed E-state index contributed by atoms with van der Waals surface area (Å²) >= 11 is 0. The van der Waals surface area contributed by atoms with E-state index in [1.54, 1.807) is 0 Å². The largest absolute Gasteiger partial charge is 0.294 e. The summed E-state index contributed by atoms with van der Waals surface area (Å²) in [5, 5.41) is 0. The van der Waals surface area contributed by atoms with Crippen LogP contribution in [0.2, 0.25) is 0 Å². The molecule has 0 rings (SSSR count). The van der Waals surface area contributed by atoms with Crippen molar-refractivity contribution in [1.82, 2.24) is 0 Å². The van der Waals surface area contributed by atoms with Crippen LogP contribution in [0.25, 0.3) is 4.85 Å². The molecule has 0 radical (unpaired) electrons. The highest BCUT2D eigenvalue weighted by molar-refractivity contribution is 5.36.